The van der Waals surface area contributed by atoms with Gasteiger partial charge in [-0.25, -0.2) is 8.42 Å². The Balaban J connectivity index is 1.61. The molecule has 0 heterocycles. The summed E-state index contributed by atoms with van der Waals surface area (Å²) in [4.78, 5) is 12.9. The molecule has 184 valence electrons. The minimum absolute atomic E-state index is 0.0146. The second-order valence-electron chi connectivity index (χ2n) is 8.14. The van der Waals surface area contributed by atoms with Crippen LogP contribution < -0.4 is 14.8 Å². The van der Waals surface area contributed by atoms with Crippen LogP contribution in [0.3, 0.4) is 0 Å². The van der Waals surface area contributed by atoms with E-state index in [4.69, 9.17) is 27.9 Å². The summed E-state index contributed by atoms with van der Waals surface area (Å²) >= 11 is 12.4. The van der Waals surface area contributed by atoms with E-state index in [1.165, 1.54) is 18.2 Å². The smallest absolute Gasteiger partial charge is 0.263 e. The van der Waals surface area contributed by atoms with Crippen molar-refractivity contribution >= 4 is 50.5 Å². The molecule has 36 heavy (non-hydrogen) atoms. The number of benzene rings is 4. The quantitative estimate of drug-likeness (QED) is 0.255. The van der Waals surface area contributed by atoms with Crippen LogP contribution in [0.1, 0.15) is 21.5 Å². The van der Waals surface area contributed by atoms with E-state index in [0.29, 0.717) is 27.9 Å². The number of anilines is 2. The largest absolute Gasteiger partial charge is 0.455 e. The van der Waals surface area contributed by atoms with Gasteiger partial charge in [0.1, 0.15) is 10.6 Å². The Labute approximate surface area is 219 Å². The molecule has 0 aliphatic heterocycles. The van der Waals surface area contributed by atoms with Crippen LogP contribution >= 0.6 is 23.2 Å². The van der Waals surface area contributed by atoms with Crippen LogP contribution in [0.15, 0.2) is 89.8 Å². The fourth-order valence-corrected chi connectivity index (χ4v) is 5.33. The van der Waals surface area contributed by atoms with Crippen LogP contribution in [0.5, 0.6) is 11.5 Å². The van der Waals surface area contributed by atoms with Crippen molar-refractivity contribution < 1.29 is 17.9 Å². The highest BCUT2D eigenvalue weighted by atomic mass is 35.5. The highest BCUT2D eigenvalue weighted by molar-refractivity contribution is 7.92. The molecular weight excluding hydrogens is 519 g/mol. The summed E-state index contributed by atoms with van der Waals surface area (Å²) in [5.41, 5.74) is 2.62. The minimum Gasteiger partial charge on any atom is -0.455 e. The molecule has 2 N–H and O–H groups in total. The Kier molecular flexibility index (Phi) is 7.54. The Morgan fingerprint density at radius 2 is 1.53 bits per heavy atom. The van der Waals surface area contributed by atoms with E-state index < -0.39 is 15.9 Å². The van der Waals surface area contributed by atoms with Gasteiger partial charge >= 0.3 is 0 Å². The van der Waals surface area contributed by atoms with E-state index >= 15 is 0 Å². The summed E-state index contributed by atoms with van der Waals surface area (Å²) in [7, 11) is -4.07. The van der Waals surface area contributed by atoms with Crippen molar-refractivity contribution in [2.24, 2.45) is 0 Å². The first-order valence-electron chi connectivity index (χ1n) is 10.9. The fourth-order valence-electron chi connectivity index (χ4n) is 3.59. The van der Waals surface area contributed by atoms with Crippen LogP contribution in [-0.4, -0.2) is 14.3 Å². The number of hydrogen-bond acceptors (Lipinski definition) is 4. The van der Waals surface area contributed by atoms with Gasteiger partial charge < -0.3 is 10.1 Å². The number of amides is 1. The first-order valence-corrected chi connectivity index (χ1v) is 13.1. The molecule has 4 rings (SSSR count). The second kappa shape index (κ2) is 10.6. The summed E-state index contributed by atoms with van der Waals surface area (Å²) < 4.78 is 34.6. The number of carbonyl (C=O) groups is 1. The van der Waals surface area contributed by atoms with E-state index in [1.54, 1.807) is 42.5 Å². The molecule has 0 saturated carbocycles. The number of hydrogen-bond donors (Lipinski definition) is 2. The molecule has 0 atom stereocenters. The first-order chi connectivity index (χ1) is 17.1. The number of aryl methyl sites for hydroxylation is 2. The minimum atomic E-state index is -4.07. The molecule has 0 saturated heterocycles. The van der Waals surface area contributed by atoms with Crippen LogP contribution in [0.4, 0.5) is 11.4 Å². The normalized spacial score (nSPS) is 11.1. The lowest BCUT2D eigenvalue weighted by atomic mass is 10.1. The van der Waals surface area contributed by atoms with Gasteiger partial charge in [0.15, 0.2) is 5.75 Å². The third kappa shape index (κ3) is 6.18. The summed E-state index contributed by atoms with van der Waals surface area (Å²) in [6.45, 7) is 3.74. The number of ether oxygens (including phenoxy) is 1. The third-order valence-corrected chi connectivity index (χ3v) is 7.22. The molecule has 6 nitrogen and oxygen atoms in total. The Morgan fingerprint density at radius 3 is 2.22 bits per heavy atom. The third-order valence-electron chi connectivity index (χ3n) is 5.12. The molecule has 0 unspecified atom stereocenters. The van der Waals surface area contributed by atoms with Gasteiger partial charge in [-0.15, -0.1) is 0 Å². The van der Waals surface area contributed by atoms with E-state index in [2.05, 4.69) is 10.0 Å². The van der Waals surface area contributed by atoms with Gasteiger partial charge in [0.05, 0.1) is 10.7 Å². The molecular formula is C27H22Cl2N2O4S. The first kappa shape index (κ1) is 25.6. The second-order valence-corrected chi connectivity index (χ2v) is 10.6. The molecule has 0 bridgehead atoms. The maximum absolute atomic E-state index is 13.1. The fraction of sp³-hybridized carbons (Fsp3) is 0.0741. The molecule has 0 radical (unpaired) electrons. The van der Waals surface area contributed by atoms with Gasteiger partial charge in [0.25, 0.3) is 15.9 Å². The lowest BCUT2D eigenvalue weighted by Crippen LogP contribution is -2.17. The number of nitrogens with one attached hydrogen (secondary N) is 2. The van der Waals surface area contributed by atoms with Gasteiger partial charge in [-0.05, 0) is 85.6 Å². The van der Waals surface area contributed by atoms with E-state index in [-0.39, 0.29) is 15.5 Å². The van der Waals surface area contributed by atoms with E-state index in [1.807, 2.05) is 38.1 Å². The van der Waals surface area contributed by atoms with Crippen molar-refractivity contribution in [3.63, 3.8) is 0 Å². The average Bonchev–Trinajstić information content (AvgIpc) is 2.80. The van der Waals surface area contributed by atoms with Crippen molar-refractivity contribution in [3.8, 4) is 11.5 Å². The zero-order valence-electron chi connectivity index (χ0n) is 19.4. The summed E-state index contributed by atoms with van der Waals surface area (Å²) in [6, 6.07) is 23.3. The van der Waals surface area contributed by atoms with Gasteiger partial charge in [-0.1, -0.05) is 47.5 Å². The maximum atomic E-state index is 13.1. The maximum Gasteiger partial charge on any atom is 0.263 e. The van der Waals surface area contributed by atoms with Crippen molar-refractivity contribution in [1.82, 2.24) is 0 Å². The highest BCUT2D eigenvalue weighted by Gasteiger charge is 2.21. The lowest BCUT2D eigenvalue weighted by Gasteiger charge is -2.14. The summed E-state index contributed by atoms with van der Waals surface area (Å²) in [6.07, 6.45) is 0. The van der Waals surface area contributed by atoms with Gasteiger partial charge in [0, 0.05) is 16.3 Å². The SMILES string of the molecule is Cc1cc(C)cc(NS(=O)(=O)c2cc(C(=O)Nc3cc(Cl)ccc3Oc3ccccc3)ccc2Cl)c1. The number of para-hydroxylation sites is 1. The number of carbonyl (C=O) groups excluding carboxylic acids is 1. The molecule has 4 aromatic rings. The Morgan fingerprint density at radius 1 is 0.833 bits per heavy atom. The molecule has 0 spiro atoms. The van der Waals surface area contributed by atoms with Crippen LogP contribution in [0.2, 0.25) is 10.0 Å². The molecule has 4 aromatic carbocycles. The van der Waals surface area contributed by atoms with Crippen molar-refractivity contribution in [2.75, 3.05) is 10.0 Å². The zero-order valence-corrected chi connectivity index (χ0v) is 21.7. The number of sulfonamides is 1. The van der Waals surface area contributed by atoms with Crippen LogP contribution in [0, 0.1) is 13.8 Å². The highest BCUT2D eigenvalue weighted by Crippen LogP contribution is 2.33. The van der Waals surface area contributed by atoms with Gasteiger partial charge in [-0.3, -0.25) is 9.52 Å². The van der Waals surface area contributed by atoms with E-state index in [9.17, 15) is 13.2 Å². The predicted octanol–water partition coefficient (Wildman–Crippen LogP) is 7.46. The lowest BCUT2D eigenvalue weighted by molar-refractivity contribution is 0.102. The standard InChI is InChI=1S/C27H22Cl2N2O4S/c1-17-12-18(2)14-21(13-17)31-36(33,34)26-15-19(8-10-23(26)29)27(32)30-24-16-20(28)9-11-25(24)35-22-6-4-3-5-7-22/h3-16,31H,1-2H3,(H,30,32). The average molecular weight is 541 g/mol. The molecule has 0 aromatic heterocycles. The topological polar surface area (TPSA) is 84.5 Å². The van der Waals surface area contributed by atoms with Gasteiger partial charge in [-0.2, -0.15) is 0 Å². The van der Waals surface area contributed by atoms with Crippen molar-refractivity contribution in [2.45, 2.75) is 18.7 Å². The molecule has 1 amide bonds. The Hall–Kier alpha value is -3.52. The predicted molar refractivity (Wildman–Crippen MR) is 144 cm³/mol. The summed E-state index contributed by atoms with van der Waals surface area (Å²) in [5, 5.41) is 3.12. The van der Waals surface area contributed by atoms with Gasteiger partial charge in [0.2, 0.25) is 0 Å². The van der Waals surface area contributed by atoms with E-state index in [0.717, 1.165) is 11.1 Å². The molecule has 0 fully saturated rings. The van der Waals surface area contributed by atoms with Crippen LogP contribution in [0.25, 0.3) is 0 Å². The molecule has 0 aliphatic rings. The van der Waals surface area contributed by atoms with Crippen molar-refractivity contribution in [3.05, 3.63) is 112 Å². The monoisotopic (exact) mass is 540 g/mol. The molecule has 0 aliphatic carbocycles. The van der Waals surface area contributed by atoms with Crippen LogP contribution in [-0.2, 0) is 10.0 Å². The summed E-state index contributed by atoms with van der Waals surface area (Å²) in [5.74, 6) is 0.389. The number of halogens is 2. The number of rotatable bonds is 7. The zero-order chi connectivity index (χ0) is 25.9. The molecule has 9 heteroatoms. The Bertz CT molecular complexity index is 1520. The van der Waals surface area contributed by atoms with Crippen molar-refractivity contribution in [1.29, 1.82) is 0 Å².